The molecular formula is C10H17N3O3. The van der Waals surface area contributed by atoms with Crippen LogP contribution in [0.25, 0.3) is 0 Å². The fraction of sp³-hybridized carbons (Fsp3) is 0.600. The van der Waals surface area contributed by atoms with E-state index < -0.39 is 0 Å². The highest BCUT2D eigenvalue weighted by atomic mass is 16.5. The summed E-state index contributed by atoms with van der Waals surface area (Å²) in [5.41, 5.74) is -0.343. The number of hydrogen-bond donors (Lipinski definition) is 2. The molecule has 90 valence electrons. The van der Waals surface area contributed by atoms with Crippen LogP contribution < -0.4 is 20.3 Å². The highest BCUT2D eigenvalue weighted by molar-refractivity contribution is 5.29. The summed E-state index contributed by atoms with van der Waals surface area (Å²) in [4.78, 5) is 17.6. The Hall–Kier alpha value is -1.56. The van der Waals surface area contributed by atoms with Gasteiger partial charge in [-0.15, -0.1) is 0 Å². The van der Waals surface area contributed by atoms with Crippen molar-refractivity contribution in [2.75, 3.05) is 20.3 Å². The predicted molar refractivity (Wildman–Crippen MR) is 60.0 cm³/mol. The first-order valence-electron chi connectivity index (χ1n) is 5.13. The van der Waals surface area contributed by atoms with Crippen LogP contribution in [-0.2, 0) is 0 Å². The maximum Gasteiger partial charge on any atom is 0.297 e. The lowest BCUT2D eigenvalue weighted by Crippen LogP contribution is -2.28. The molecule has 0 aromatic carbocycles. The van der Waals surface area contributed by atoms with Gasteiger partial charge in [0.2, 0.25) is 5.75 Å². The van der Waals surface area contributed by atoms with Gasteiger partial charge in [-0.2, -0.15) is 0 Å². The lowest BCUT2D eigenvalue weighted by Gasteiger charge is -2.10. The summed E-state index contributed by atoms with van der Waals surface area (Å²) in [5, 5.41) is 3.19. The smallest absolute Gasteiger partial charge is 0.297 e. The predicted octanol–water partition coefficient (Wildman–Crippen LogP) is 0.155. The first kappa shape index (κ1) is 12.5. The highest BCUT2D eigenvalue weighted by Crippen LogP contribution is 2.16. The molecule has 1 aromatic heterocycles. The molecule has 1 heterocycles. The quantitative estimate of drug-likeness (QED) is 0.677. The molecule has 0 aliphatic carbocycles. The van der Waals surface area contributed by atoms with Gasteiger partial charge in [-0.05, 0) is 0 Å². The zero-order valence-electron chi connectivity index (χ0n) is 9.74. The Bertz CT molecular complexity index is 376. The van der Waals surface area contributed by atoms with Gasteiger partial charge in [0, 0.05) is 12.6 Å². The van der Waals surface area contributed by atoms with Crippen LogP contribution in [0, 0.1) is 0 Å². The molecule has 0 fully saturated rings. The van der Waals surface area contributed by atoms with Gasteiger partial charge in [-0.1, -0.05) is 13.8 Å². The van der Waals surface area contributed by atoms with E-state index in [-0.39, 0.29) is 17.2 Å². The Balaban J connectivity index is 2.53. The Morgan fingerprint density at radius 3 is 2.94 bits per heavy atom. The number of aromatic amines is 1. The maximum atomic E-state index is 11.3. The number of rotatable bonds is 6. The van der Waals surface area contributed by atoms with Crippen LogP contribution in [0.2, 0.25) is 0 Å². The lowest BCUT2D eigenvalue weighted by atomic mass is 10.4. The van der Waals surface area contributed by atoms with Gasteiger partial charge < -0.3 is 19.8 Å². The Morgan fingerprint density at radius 2 is 2.31 bits per heavy atom. The summed E-state index contributed by atoms with van der Waals surface area (Å²) in [7, 11) is 1.41. The van der Waals surface area contributed by atoms with Crippen LogP contribution in [0.3, 0.4) is 0 Å². The van der Waals surface area contributed by atoms with Gasteiger partial charge in [-0.25, -0.2) is 4.98 Å². The standard InChI is InChI=1S/C10H17N3O3/c1-7(2)11-4-5-16-10-8(15-3)9(14)12-6-13-10/h6-7,11H,4-5H2,1-3H3,(H,12,13,14). The Morgan fingerprint density at radius 1 is 1.56 bits per heavy atom. The molecule has 0 saturated heterocycles. The highest BCUT2D eigenvalue weighted by Gasteiger charge is 2.09. The summed E-state index contributed by atoms with van der Waals surface area (Å²) < 4.78 is 10.2. The number of nitrogens with zero attached hydrogens (tertiary/aromatic N) is 1. The number of H-pyrrole nitrogens is 1. The molecule has 16 heavy (non-hydrogen) atoms. The van der Waals surface area contributed by atoms with Crippen molar-refractivity contribution in [2.45, 2.75) is 19.9 Å². The number of nitrogens with one attached hydrogen (secondary N) is 2. The van der Waals surface area contributed by atoms with Gasteiger partial charge in [0.1, 0.15) is 6.61 Å². The zero-order valence-corrected chi connectivity index (χ0v) is 9.74. The molecule has 0 bridgehead atoms. The fourth-order valence-electron chi connectivity index (χ4n) is 1.15. The molecule has 0 atom stereocenters. The molecule has 6 heteroatoms. The van der Waals surface area contributed by atoms with Gasteiger partial charge in [0.15, 0.2) is 0 Å². The number of hydrogen-bond acceptors (Lipinski definition) is 5. The molecule has 0 amide bonds. The number of ether oxygens (including phenoxy) is 2. The minimum atomic E-state index is -0.343. The summed E-state index contributed by atoms with van der Waals surface area (Å²) in [6, 6.07) is 0.401. The molecule has 0 aliphatic heterocycles. The van der Waals surface area contributed by atoms with Crippen LogP contribution in [0.5, 0.6) is 11.6 Å². The van der Waals surface area contributed by atoms with Crippen molar-refractivity contribution in [3.05, 3.63) is 16.7 Å². The third kappa shape index (κ3) is 3.54. The van der Waals surface area contributed by atoms with Crippen LogP contribution in [0.1, 0.15) is 13.8 Å². The normalized spacial score (nSPS) is 10.5. The number of aromatic nitrogens is 2. The third-order valence-corrected chi connectivity index (χ3v) is 1.88. The minimum absolute atomic E-state index is 0.104. The van der Waals surface area contributed by atoms with Crippen LogP contribution in [0.4, 0.5) is 0 Å². The molecule has 0 aliphatic rings. The topological polar surface area (TPSA) is 76.2 Å². The van der Waals surface area contributed by atoms with Crippen molar-refractivity contribution in [3.8, 4) is 11.6 Å². The molecule has 0 unspecified atom stereocenters. The van der Waals surface area contributed by atoms with E-state index in [1.54, 1.807) is 0 Å². The van der Waals surface area contributed by atoms with Gasteiger partial charge in [-0.3, -0.25) is 4.79 Å². The van der Waals surface area contributed by atoms with E-state index in [1.165, 1.54) is 13.4 Å². The van der Waals surface area contributed by atoms with Crippen LogP contribution >= 0.6 is 0 Å². The fourth-order valence-corrected chi connectivity index (χ4v) is 1.15. The maximum absolute atomic E-state index is 11.3. The summed E-state index contributed by atoms with van der Waals surface area (Å²) in [5.74, 6) is 0.323. The van der Waals surface area contributed by atoms with Crippen molar-refractivity contribution in [1.82, 2.24) is 15.3 Å². The van der Waals surface area contributed by atoms with E-state index in [9.17, 15) is 4.79 Å². The van der Waals surface area contributed by atoms with E-state index >= 15 is 0 Å². The second-order valence-corrected chi connectivity index (χ2v) is 3.53. The molecule has 6 nitrogen and oxygen atoms in total. The van der Waals surface area contributed by atoms with Gasteiger partial charge >= 0.3 is 0 Å². The van der Waals surface area contributed by atoms with Crippen LogP contribution in [-0.4, -0.2) is 36.3 Å². The largest absolute Gasteiger partial charge is 0.487 e. The first-order chi connectivity index (χ1) is 7.65. The van der Waals surface area contributed by atoms with Crippen molar-refractivity contribution >= 4 is 0 Å². The average molecular weight is 227 g/mol. The Labute approximate surface area is 94.0 Å². The van der Waals surface area contributed by atoms with Crippen molar-refractivity contribution < 1.29 is 9.47 Å². The van der Waals surface area contributed by atoms with Crippen LogP contribution in [0.15, 0.2) is 11.1 Å². The molecular weight excluding hydrogens is 210 g/mol. The summed E-state index contributed by atoms with van der Waals surface area (Å²) in [6.07, 6.45) is 1.29. The van der Waals surface area contributed by atoms with E-state index in [0.29, 0.717) is 19.2 Å². The average Bonchev–Trinajstić information content (AvgIpc) is 2.24. The lowest BCUT2D eigenvalue weighted by molar-refractivity contribution is 0.275. The third-order valence-electron chi connectivity index (χ3n) is 1.88. The summed E-state index contributed by atoms with van der Waals surface area (Å²) in [6.45, 7) is 5.22. The molecule has 0 saturated carbocycles. The molecule has 2 N–H and O–H groups in total. The second kappa shape index (κ2) is 6.12. The monoisotopic (exact) mass is 227 g/mol. The minimum Gasteiger partial charge on any atom is -0.487 e. The van der Waals surface area contributed by atoms with Gasteiger partial charge in [0.05, 0.1) is 13.4 Å². The van der Waals surface area contributed by atoms with Crippen molar-refractivity contribution in [3.63, 3.8) is 0 Å². The number of methoxy groups -OCH3 is 1. The molecule has 0 radical (unpaired) electrons. The van der Waals surface area contributed by atoms with E-state index in [4.69, 9.17) is 9.47 Å². The SMILES string of the molecule is COc1c(OCCNC(C)C)nc[nH]c1=O. The van der Waals surface area contributed by atoms with E-state index in [1.807, 2.05) is 13.8 Å². The van der Waals surface area contributed by atoms with E-state index in [2.05, 4.69) is 15.3 Å². The molecule has 1 rings (SSSR count). The molecule has 0 spiro atoms. The Kier molecular flexibility index (Phi) is 4.78. The van der Waals surface area contributed by atoms with Crippen molar-refractivity contribution in [2.24, 2.45) is 0 Å². The molecule has 1 aromatic rings. The first-order valence-corrected chi connectivity index (χ1v) is 5.13. The van der Waals surface area contributed by atoms with Crippen molar-refractivity contribution in [1.29, 1.82) is 0 Å². The second-order valence-electron chi connectivity index (χ2n) is 3.53. The summed E-state index contributed by atoms with van der Waals surface area (Å²) >= 11 is 0. The van der Waals surface area contributed by atoms with Gasteiger partial charge in [0.25, 0.3) is 11.4 Å². The zero-order chi connectivity index (χ0) is 12.0. The van der Waals surface area contributed by atoms with E-state index in [0.717, 1.165) is 0 Å².